The van der Waals surface area contributed by atoms with Gasteiger partial charge in [0.15, 0.2) is 0 Å². The Bertz CT molecular complexity index is 889. The molecule has 0 atom stereocenters. The first kappa shape index (κ1) is 19.4. The van der Waals surface area contributed by atoms with Crippen LogP contribution in [0.2, 0.25) is 0 Å². The largest absolute Gasteiger partial charge is 0.497 e. The van der Waals surface area contributed by atoms with Crippen LogP contribution in [-0.2, 0) is 13.0 Å². The lowest BCUT2D eigenvalue weighted by atomic mass is 10.1. The summed E-state index contributed by atoms with van der Waals surface area (Å²) in [6.07, 6.45) is 2.36. The number of amides is 1. The summed E-state index contributed by atoms with van der Waals surface area (Å²) in [4.78, 5) is 16.6. The number of methoxy groups -OCH3 is 1. The van der Waals surface area contributed by atoms with Crippen LogP contribution in [0.15, 0.2) is 66.9 Å². The third-order valence-corrected chi connectivity index (χ3v) is 4.48. The molecule has 0 unspecified atom stereocenters. The Morgan fingerprint density at radius 2 is 1.68 bits per heavy atom. The molecule has 1 amide bonds. The van der Waals surface area contributed by atoms with E-state index >= 15 is 0 Å². The van der Waals surface area contributed by atoms with E-state index in [-0.39, 0.29) is 5.91 Å². The maximum atomic E-state index is 12.3. The SMILES string of the molecule is COc1ccc(CCNC(=O)c2ccc(NCc3ccc(C)cc3)nc2)cc1. The minimum Gasteiger partial charge on any atom is -0.497 e. The summed E-state index contributed by atoms with van der Waals surface area (Å²) < 4.78 is 5.14. The minimum absolute atomic E-state index is 0.119. The first-order chi connectivity index (χ1) is 13.6. The number of carbonyl (C=O) groups is 1. The molecule has 1 heterocycles. The fourth-order valence-electron chi connectivity index (χ4n) is 2.75. The van der Waals surface area contributed by atoms with E-state index in [0.29, 0.717) is 18.7 Å². The number of rotatable bonds is 8. The number of benzene rings is 2. The number of nitrogens with one attached hydrogen (secondary N) is 2. The van der Waals surface area contributed by atoms with Gasteiger partial charge in [-0.25, -0.2) is 4.98 Å². The van der Waals surface area contributed by atoms with E-state index in [2.05, 4.69) is 46.8 Å². The van der Waals surface area contributed by atoms with Gasteiger partial charge in [0.2, 0.25) is 0 Å². The molecule has 0 spiro atoms. The Labute approximate surface area is 165 Å². The van der Waals surface area contributed by atoms with Crippen molar-refractivity contribution in [2.75, 3.05) is 19.0 Å². The van der Waals surface area contributed by atoms with Crippen molar-refractivity contribution >= 4 is 11.7 Å². The molecule has 28 heavy (non-hydrogen) atoms. The van der Waals surface area contributed by atoms with Crippen LogP contribution in [0.5, 0.6) is 5.75 Å². The third-order valence-electron chi connectivity index (χ3n) is 4.48. The van der Waals surface area contributed by atoms with E-state index in [1.807, 2.05) is 30.3 Å². The normalized spacial score (nSPS) is 10.4. The van der Waals surface area contributed by atoms with Crippen LogP contribution < -0.4 is 15.4 Å². The Balaban J connectivity index is 1.45. The molecule has 144 valence electrons. The summed E-state index contributed by atoms with van der Waals surface area (Å²) in [6.45, 7) is 3.33. The van der Waals surface area contributed by atoms with Crippen molar-refractivity contribution in [3.63, 3.8) is 0 Å². The predicted octanol–water partition coefficient (Wildman–Crippen LogP) is 3.98. The third kappa shape index (κ3) is 5.58. The minimum atomic E-state index is -0.119. The Hall–Kier alpha value is -3.34. The monoisotopic (exact) mass is 375 g/mol. The number of hydrogen-bond donors (Lipinski definition) is 2. The van der Waals surface area contributed by atoms with Gasteiger partial charge >= 0.3 is 0 Å². The molecule has 2 N–H and O–H groups in total. The van der Waals surface area contributed by atoms with Gasteiger partial charge in [-0.15, -0.1) is 0 Å². The number of nitrogens with zero attached hydrogens (tertiary/aromatic N) is 1. The van der Waals surface area contributed by atoms with Crippen molar-refractivity contribution < 1.29 is 9.53 Å². The molecule has 0 aliphatic carbocycles. The zero-order valence-electron chi connectivity index (χ0n) is 16.2. The number of pyridine rings is 1. The average molecular weight is 375 g/mol. The van der Waals surface area contributed by atoms with Crippen molar-refractivity contribution in [2.24, 2.45) is 0 Å². The molecule has 3 aromatic rings. The van der Waals surface area contributed by atoms with Gasteiger partial charge in [0.05, 0.1) is 12.7 Å². The van der Waals surface area contributed by atoms with Crippen molar-refractivity contribution in [1.29, 1.82) is 0 Å². The van der Waals surface area contributed by atoms with Crippen molar-refractivity contribution in [1.82, 2.24) is 10.3 Å². The summed E-state index contributed by atoms with van der Waals surface area (Å²) in [7, 11) is 1.65. The Kier molecular flexibility index (Phi) is 6.63. The fraction of sp³-hybridized carbons (Fsp3) is 0.217. The van der Waals surface area contributed by atoms with E-state index in [0.717, 1.165) is 23.6 Å². The van der Waals surface area contributed by atoms with Crippen LogP contribution in [0, 0.1) is 6.92 Å². The zero-order valence-corrected chi connectivity index (χ0v) is 16.2. The van der Waals surface area contributed by atoms with E-state index in [1.54, 1.807) is 19.4 Å². The quantitative estimate of drug-likeness (QED) is 0.625. The molecule has 0 aliphatic rings. The molecule has 0 fully saturated rings. The predicted molar refractivity (Wildman–Crippen MR) is 112 cm³/mol. The molecule has 0 saturated carbocycles. The van der Waals surface area contributed by atoms with E-state index in [1.165, 1.54) is 11.1 Å². The fourth-order valence-corrected chi connectivity index (χ4v) is 2.75. The van der Waals surface area contributed by atoms with Crippen LogP contribution in [0.25, 0.3) is 0 Å². The lowest BCUT2D eigenvalue weighted by Gasteiger charge is -2.08. The van der Waals surface area contributed by atoms with Crippen LogP contribution in [0.4, 0.5) is 5.82 Å². The second-order valence-electron chi connectivity index (χ2n) is 6.63. The highest BCUT2D eigenvalue weighted by atomic mass is 16.5. The second-order valence-corrected chi connectivity index (χ2v) is 6.63. The number of anilines is 1. The van der Waals surface area contributed by atoms with E-state index < -0.39 is 0 Å². The molecule has 2 aromatic carbocycles. The number of hydrogen-bond acceptors (Lipinski definition) is 4. The first-order valence-corrected chi connectivity index (χ1v) is 9.30. The summed E-state index contributed by atoms with van der Waals surface area (Å²) in [5.74, 6) is 1.45. The number of aryl methyl sites for hydroxylation is 1. The molecule has 5 nitrogen and oxygen atoms in total. The van der Waals surface area contributed by atoms with E-state index in [4.69, 9.17) is 4.74 Å². The van der Waals surface area contributed by atoms with Gasteiger partial charge in [0.25, 0.3) is 5.91 Å². The number of carbonyl (C=O) groups excluding carboxylic acids is 1. The highest BCUT2D eigenvalue weighted by molar-refractivity contribution is 5.94. The molecular weight excluding hydrogens is 350 g/mol. The highest BCUT2D eigenvalue weighted by Crippen LogP contribution is 2.12. The van der Waals surface area contributed by atoms with Crippen molar-refractivity contribution in [2.45, 2.75) is 19.9 Å². The topological polar surface area (TPSA) is 63.2 Å². The van der Waals surface area contributed by atoms with Crippen LogP contribution in [0.3, 0.4) is 0 Å². The molecule has 0 bridgehead atoms. The molecule has 0 radical (unpaired) electrons. The maximum Gasteiger partial charge on any atom is 0.252 e. The lowest BCUT2D eigenvalue weighted by Crippen LogP contribution is -2.25. The number of aromatic nitrogens is 1. The molecule has 1 aromatic heterocycles. The van der Waals surface area contributed by atoms with Crippen LogP contribution in [-0.4, -0.2) is 24.5 Å². The lowest BCUT2D eigenvalue weighted by molar-refractivity contribution is 0.0954. The van der Waals surface area contributed by atoms with Gasteiger partial charge in [0, 0.05) is 19.3 Å². The highest BCUT2D eigenvalue weighted by Gasteiger charge is 2.06. The standard InChI is InChI=1S/C23H25N3O2/c1-17-3-5-19(6-4-17)15-25-22-12-9-20(16-26-22)23(27)24-14-13-18-7-10-21(28-2)11-8-18/h3-12,16H,13-15H2,1-2H3,(H,24,27)(H,25,26). The molecule has 5 heteroatoms. The van der Waals surface area contributed by atoms with Gasteiger partial charge < -0.3 is 15.4 Å². The summed E-state index contributed by atoms with van der Waals surface area (Å²) in [5, 5.41) is 6.20. The zero-order chi connectivity index (χ0) is 19.8. The molecule has 3 rings (SSSR count). The van der Waals surface area contributed by atoms with E-state index in [9.17, 15) is 4.79 Å². The van der Waals surface area contributed by atoms with Gasteiger partial charge in [-0.05, 0) is 48.7 Å². The Morgan fingerprint density at radius 1 is 0.964 bits per heavy atom. The van der Waals surface area contributed by atoms with Crippen LogP contribution in [0.1, 0.15) is 27.0 Å². The molecule has 0 aliphatic heterocycles. The first-order valence-electron chi connectivity index (χ1n) is 9.30. The molecular formula is C23H25N3O2. The summed E-state index contributed by atoms with van der Waals surface area (Å²) >= 11 is 0. The smallest absolute Gasteiger partial charge is 0.252 e. The van der Waals surface area contributed by atoms with Gasteiger partial charge in [-0.1, -0.05) is 42.0 Å². The van der Waals surface area contributed by atoms with Gasteiger partial charge in [0.1, 0.15) is 11.6 Å². The summed E-state index contributed by atoms with van der Waals surface area (Å²) in [5.41, 5.74) is 4.13. The van der Waals surface area contributed by atoms with Gasteiger partial charge in [-0.3, -0.25) is 4.79 Å². The summed E-state index contributed by atoms with van der Waals surface area (Å²) in [6, 6.07) is 19.8. The van der Waals surface area contributed by atoms with Gasteiger partial charge in [-0.2, -0.15) is 0 Å². The number of ether oxygens (including phenoxy) is 1. The second kappa shape index (κ2) is 9.55. The maximum absolute atomic E-state index is 12.3. The Morgan fingerprint density at radius 3 is 2.32 bits per heavy atom. The average Bonchev–Trinajstić information content (AvgIpc) is 2.74. The molecule has 0 saturated heterocycles. The van der Waals surface area contributed by atoms with Crippen molar-refractivity contribution in [3.8, 4) is 5.75 Å². The van der Waals surface area contributed by atoms with Crippen LogP contribution >= 0.6 is 0 Å². The van der Waals surface area contributed by atoms with Crippen molar-refractivity contribution in [3.05, 3.63) is 89.1 Å².